The first-order valence-corrected chi connectivity index (χ1v) is 9.10. The second kappa shape index (κ2) is 7.25. The maximum Gasteiger partial charge on any atom is 0.327 e. The number of amides is 4. The molecular weight excluding hydrogens is 356 g/mol. The summed E-state index contributed by atoms with van der Waals surface area (Å²) in [7, 11) is 1.60. The number of nitrogens with one attached hydrogen (secondary N) is 1. The van der Waals surface area contributed by atoms with Crippen molar-refractivity contribution in [1.82, 2.24) is 15.1 Å². The van der Waals surface area contributed by atoms with Gasteiger partial charge in [-0.15, -0.1) is 0 Å². The van der Waals surface area contributed by atoms with Crippen molar-refractivity contribution in [2.24, 2.45) is 0 Å². The molecule has 0 bridgehead atoms. The number of hydrogen-bond donors (Lipinski definition) is 1. The molecule has 27 heavy (non-hydrogen) atoms. The number of benzene rings is 1. The molecule has 3 rings (SSSR count). The number of nitrogens with zero attached hydrogens (tertiary/aromatic N) is 2. The Morgan fingerprint density at radius 1 is 1.22 bits per heavy atom. The first kappa shape index (κ1) is 19.3. The van der Waals surface area contributed by atoms with Crippen LogP contribution >= 0.6 is 0 Å². The number of likely N-dealkylation sites (N-methyl/N-ethyl adjacent to an activating group) is 1. The van der Waals surface area contributed by atoms with Crippen molar-refractivity contribution in [2.45, 2.75) is 50.6 Å². The second-order valence-corrected chi connectivity index (χ2v) is 7.28. The molecule has 1 saturated carbocycles. The second-order valence-electron chi connectivity index (χ2n) is 7.28. The minimum Gasteiger partial charge on any atom is -0.348 e. The third-order valence-corrected chi connectivity index (χ3v) is 5.59. The van der Waals surface area contributed by atoms with Crippen LogP contribution in [0.5, 0.6) is 0 Å². The van der Waals surface area contributed by atoms with E-state index in [4.69, 9.17) is 0 Å². The van der Waals surface area contributed by atoms with Crippen LogP contribution in [-0.2, 0) is 9.59 Å². The molecule has 1 atom stereocenters. The minimum atomic E-state index is -0.843. The third-order valence-electron chi connectivity index (χ3n) is 5.59. The normalized spacial score (nSPS) is 20.3. The molecule has 1 spiro atoms. The molecule has 1 heterocycles. The van der Waals surface area contributed by atoms with Gasteiger partial charge in [0.1, 0.15) is 23.7 Å². The summed E-state index contributed by atoms with van der Waals surface area (Å²) in [5.41, 5.74) is -0.714. The Labute approximate surface area is 156 Å². The number of carbonyl (C=O) groups is 3. The first-order valence-electron chi connectivity index (χ1n) is 9.10. The Balaban J connectivity index is 1.68. The molecule has 1 aliphatic carbocycles. The predicted molar refractivity (Wildman–Crippen MR) is 93.6 cm³/mol. The largest absolute Gasteiger partial charge is 0.348 e. The molecule has 0 aromatic heterocycles. The van der Waals surface area contributed by atoms with Gasteiger partial charge in [-0.1, -0.05) is 25.3 Å². The van der Waals surface area contributed by atoms with Gasteiger partial charge in [0.15, 0.2) is 0 Å². The maximum absolute atomic E-state index is 13.9. The highest BCUT2D eigenvalue weighted by Crippen LogP contribution is 2.39. The van der Waals surface area contributed by atoms with E-state index in [0.29, 0.717) is 12.8 Å². The summed E-state index contributed by atoms with van der Waals surface area (Å²) in [6, 6.07) is 1.89. The molecule has 2 fully saturated rings. The Bertz CT molecular complexity index is 777. The zero-order valence-electron chi connectivity index (χ0n) is 15.4. The SMILES string of the molecule is CC(NC(=O)CN1C(=O)N(C)C2(CCCCC2)C1=O)c1ccc(F)cc1F. The summed E-state index contributed by atoms with van der Waals surface area (Å²) in [5.74, 6) is -2.39. The summed E-state index contributed by atoms with van der Waals surface area (Å²) < 4.78 is 26.9. The van der Waals surface area contributed by atoms with E-state index in [1.54, 1.807) is 14.0 Å². The lowest BCUT2D eigenvalue weighted by Crippen LogP contribution is -2.49. The van der Waals surface area contributed by atoms with Crippen molar-refractivity contribution in [3.63, 3.8) is 0 Å². The van der Waals surface area contributed by atoms with Crippen molar-refractivity contribution in [1.29, 1.82) is 0 Å². The van der Waals surface area contributed by atoms with E-state index in [1.807, 2.05) is 0 Å². The molecule has 1 unspecified atom stereocenters. The fourth-order valence-corrected chi connectivity index (χ4v) is 4.03. The van der Waals surface area contributed by atoms with Gasteiger partial charge in [0.25, 0.3) is 5.91 Å². The average molecular weight is 379 g/mol. The molecule has 8 heteroatoms. The number of hydrogen-bond acceptors (Lipinski definition) is 3. The van der Waals surface area contributed by atoms with Crippen molar-refractivity contribution in [3.8, 4) is 0 Å². The number of rotatable bonds is 4. The lowest BCUT2D eigenvalue weighted by atomic mass is 9.81. The molecule has 0 radical (unpaired) electrons. The first-order chi connectivity index (χ1) is 12.8. The number of halogens is 2. The van der Waals surface area contributed by atoms with E-state index in [1.165, 1.54) is 11.0 Å². The summed E-state index contributed by atoms with van der Waals surface area (Å²) in [4.78, 5) is 40.2. The Kier molecular flexibility index (Phi) is 5.17. The predicted octanol–water partition coefficient (Wildman–Crippen LogP) is 2.74. The molecule has 1 aromatic carbocycles. The van der Waals surface area contributed by atoms with E-state index in [2.05, 4.69) is 5.32 Å². The third kappa shape index (κ3) is 3.40. The van der Waals surface area contributed by atoms with Gasteiger partial charge in [0, 0.05) is 18.7 Å². The average Bonchev–Trinajstić information content (AvgIpc) is 2.78. The standard InChI is InChI=1S/C19H23F2N3O3/c1-12(14-7-6-13(20)10-15(14)21)22-16(25)11-24-17(26)19(23(2)18(24)27)8-4-3-5-9-19/h6-7,10,12H,3-5,8-9,11H2,1-2H3,(H,22,25). The summed E-state index contributed by atoms with van der Waals surface area (Å²) in [5, 5.41) is 2.56. The fraction of sp³-hybridized carbons (Fsp3) is 0.526. The number of urea groups is 1. The van der Waals surface area contributed by atoms with Crippen molar-refractivity contribution >= 4 is 17.8 Å². The Morgan fingerprint density at radius 3 is 2.52 bits per heavy atom. The van der Waals surface area contributed by atoms with Gasteiger partial charge in [0.05, 0.1) is 6.04 Å². The molecule has 1 saturated heterocycles. The van der Waals surface area contributed by atoms with Gasteiger partial charge in [-0.3, -0.25) is 14.5 Å². The minimum absolute atomic E-state index is 0.129. The van der Waals surface area contributed by atoms with Crippen LogP contribution in [0.1, 0.15) is 50.6 Å². The Hall–Kier alpha value is -2.51. The molecule has 4 amide bonds. The lowest BCUT2D eigenvalue weighted by molar-refractivity contribution is -0.137. The molecule has 146 valence electrons. The topological polar surface area (TPSA) is 69.7 Å². The molecule has 6 nitrogen and oxygen atoms in total. The number of imide groups is 1. The van der Waals surface area contributed by atoms with Gasteiger partial charge >= 0.3 is 6.03 Å². The van der Waals surface area contributed by atoms with Crippen molar-refractivity contribution < 1.29 is 23.2 Å². The quantitative estimate of drug-likeness (QED) is 0.818. The van der Waals surface area contributed by atoms with Crippen LogP contribution in [0, 0.1) is 11.6 Å². The van der Waals surface area contributed by atoms with Crippen LogP contribution in [-0.4, -0.2) is 46.8 Å². The highest BCUT2D eigenvalue weighted by atomic mass is 19.1. The highest BCUT2D eigenvalue weighted by molar-refractivity contribution is 6.08. The lowest BCUT2D eigenvalue weighted by Gasteiger charge is -2.35. The summed E-state index contributed by atoms with van der Waals surface area (Å²) in [6.07, 6.45) is 3.96. The molecule has 1 aliphatic heterocycles. The number of carbonyl (C=O) groups excluding carboxylic acids is 3. The van der Waals surface area contributed by atoms with Crippen molar-refractivity contribution in [3.05, 3.63) is 35.4 Å². The van der Waals surface area contributed by atoms with Gasteiger partial charge in [0.2, 0.25) is 5.91 Å². The van der Waals surface area contributed by atoms with Crippen LogP contribution in [0.2, 0.25) is 0 Å². The van der Waals surface area contributed by atoms with Crippen LogP contribution in [0.25, 0.3) is 0 Å². The Morgan fingerprint density at radius 2 is 1.89 bits per heavy atom. The van der Waals surface area contributed by atoms with Crippen LogP contribution < -0.4 is 5.32 Å². The molecular formula is C19H23F2N3O3. The van der Waals surface area contributed by atoms with E-state index in [-0.39, 0.29) is 11.5 Å². The van der Waals surface area contributed by atoms with Gasteiger partial charge in [-0.25, -0.2) is 13.6 Å². The van der Waals surface area contributed by atoms with Crippen LogP contribution in [0.4, 0.5) is 13.6 Å². The molecule has 2 aliphatic rings. The highest BCUT2D eigenvalue weighted by Gasteiger charge is 2.55. The van der Waals surface area contributed by atoms with Crippen molar-refractivity contribution in [2.75, 3.05) is 13.6 Å². The zero-order valence-corrected chi connectivity index (χ0v) is 15.4. The smallest absolute Gasteiger partial charge is 0.327 e. The van der Waals surface area contributed by atoms with Crippen LogP contribution in [0.15, 0.2) is 18.2 Å². The van der Waals surface area contributed by atoms with Gasteiger partial charge in [-0.05, 0) is 25.8 Å². The van der Waals surface area contributed by atoms with Crippen LogP contribution in [0.3, 0.4) is 0 Å². The zero-order chi connectivity index (χ0) is 19.8. The summed E-state index contributed by atoms with van der Waals surface area (Å²) in [6.45, 7) is 1.13. The van der Waals surface area contributed by atoms with Gasteiger partial charge < -0.3 is 10.2 Å². The fourth-order valence-electron chi connectivity index (χ4n) is 4.03. The van der Waals surface area contributed by atoms with E-state index in [0.717, 1.165) is 36.3 Å². The molecule has 1 aromatic rings. The summed E-state index contributed by atoms with van der Waals surface area (Å²) >= 11 is 0. The monoisotopic (exact) mass is 379 g/mol. The van der Waals surface area contributed by atoms with Gasteiger partial charge in [-0.2, -0.15) is 0 Å². The maximum atomic E-state index is 13.9. The van der Waals surface area contributed by atoms with E-state index < -0.39 is 41.7 Å². The molecule has 1 N–H and O–H groups in total. The van der Waals surface area contributed by atoms with E-state index >= 15 is 0 Å². The van der Waals surface area contributed by atoms with E-state index in [9.17, 15) is 23.2 Å².